The molecule has 0 saturated carbocycles. The van der Waals surface area contributed by atoms with E-state index in [1.165, 1.54) is 116 Å². The summed E-state index contributed by atoms with van der Waals surface area (Å²) in [5.74, 6) is -0.506. The van der Waals surface area contributed by atoms with Crippen molar-refractivity contribution in [3.63, 3.8) is 0 Å². The first kappa shape index (κ1) is 27.1. The molecule has 0 aliphatic heterocycles. The minimum atomic E-state index is -0.380. The number of esters is 1. The number of hydrogen-bond acceptors (Lipinski definition) is 3. The largest absolute Gasteiger partial charge is 0.465 e. The Labute approximate surface area is 175 Å². The highest BCUT2D eigenvalue weighted by molar-refractivity contribution is 5.94. The molecule has 0 aromatic carbocycles. The molecule has 0 amide bonds. The van der Waals surface area contributed by atoms with Crippen LogP contribution in [0.15, 0.2) is 0 Å². The van der Waals surface area contributed by atoms with E-state index in [2.05, 4.69) is 6.92 Å². The number of unbranched alkanes of at least 4 members (excludes halogenated alkanes) is 18. The second kappa shape index (κ2) is 22.4. The molecule has 28 heavy (non-hydrogen) atoms. The third-order valence-electron chi connectivity index (χ3n) is 5.40. The monoisotopic (exact) mass is 396 g/mol. The van der Waals surface area contributed by atoms with Gasteiger partial charge in [-0.15, -0.1) is 0 Å². The van der Waals surface area contributed by atoms with Gasteiger partial charge in [0.1, 0.15) is 12.2 Å². The van der Waals surface area contributed by atoms with Crippen molar-refractivity contribution in [2.75, 3.05) is 6.61 Å². The van der Waals surface area contributed by atoms with Crippen molar-refractivity contribution in [2.24, 2.45) is 0 Å². The van der Waals surface area contributed by atoms with Crippen LogP contribution < -0.4 is 0 Å². The molecule has 0 heterocycles. The van der Waals surface area contributed by atoms with E-state index in [1.807, 2.05) is 0 Å². The third-order valence-corrected chi connectivity index (χ3v) is 5.40. The molecule has 0 radical (unpaired) electrons. The molecule has 0 rings (SSSR count). The van der Waals surface area contributed by atoms with Crippen LogP contribution in [0.4, 0.5) is 0 Å². The molecule has 166 valence electrons. The lowest BCUT2D eigenvalue weighted by Crippen LogP contribution is -2.09. The fourth-order valence-corrected chi connectivity index (χ4v) is 3.62. The van der Waals surface area contributed by atoms with Gasteiger partial charge in [0.15, 0.2) is 0 Å². The van der Waals surface area contributed by atoms with Crippen molar-refractivity contribution in [2.45, 2.75) is 142 Å². The van der Waals surface area contributed by atoms with E-state index in [1.54, 1.807) is 0 Å². The molecule has 0 N–H and O–H groups in total. The zero-order valence-electron chi connectivity index (χ0n) is 19.1. The standard InChI is InChI=1S/C25H48O3/c1-3-4-5-6-7-8-9-10-11-12-13-14-15-16-17-18-19-20-21-22-28-25(27)23-24(2)26/h3-23H2,1-2H3. The van der Waals surface area contributed by atoms with Gasteiger partial charge in [-0.3, -0.25) is 9.59 Å². The summed E-state index contributed by atoms with van der Waals surface area (Å²) in [5.41, 5.74) is 0. The van der Waals surface area contributed by atoms with Crippen molar-refractivity contribution in [1.82, 2.24) is 0 Å². The highest BCUT2D eigenvalue weighted by Crippen LogP contribution is 2.14. The zero-order chi connectivity index (χ0) is 20.7. The van der Waals surface area contributed by atoms with Crippen LogP contribution in [0.25, 0.3) is 0 Å². The maximum Gasteiger partial charge on any atom is 0.313 e. The highest BCUT2D eigenvalue weighted by atomic mass is 16.5. The molecule has 3 nitrogen and oxygen atoms in total. The Kier molecular flexibility index (Phi) is 21.7. The second-order valence-electron chi connectivity index (χ2n) is 8.46. The average molecular weight is 397 g/mol. The van der Waals surface area contributed by atoms with E-state index in [-0.39, 0.29) is 18.2 Å². The van der Waals surface area contributed by atoms with Gasteiger partial charge < -0.3 is 4.74 Å². The molecule has 0 spiro atoms. The number of ketones is 1. The van der Waals surface area contributed by atoms with Gasteiger partial charge in [0, 0.05) is 0 Å². The summed E-state index contributed by atoms with van der Waals surface area (Å²) in [4.78, 5) is 22.0. The smallest absolute Gasteiger partial charge is 0.313 e. The first-order valence-electron chi connectivity index (χ1n) is 12.3. The lowest BCUT2D eigenvalue weighted by molar-refractivity contribution is -0.145. The summed E-state index contributed by atoms with van der Waals surface area (Å²) in [6, 6.07) is 0. The maximum absolute atomic E-state index is 11.2. The Bertz CT molecular complexity index is 352. The molecule has 0 aliphatic carbocycles. The van der Waals surface area contributed by atoms with E-state index in [9.17, 15) is 9.59 Å². The summed E-state index contributed by atoms with van der Waals surface area (Å²) in [6.07, 6.45) is 25.7. The summed E-state index contributed by atoms with van der Waals surface area (Å²) in [6.45, 7) is 4.16. The molecule has 0 aromatic rings. The minimum absolute atomic E-state index is 0.0842. The van der Waals surface area contributed by atoms with Crippen molar-refractivity contribution in [1.29, 1.82) is 0 Å². The van der Waals surface area contributed by atoms with Gasteiger partial charge in [-0.05, 0) is 13.3 Å². The Morgan fingerprint density at radius 2 is 0.857 bits per heavy atom. The normalized spacial score (nSPS) is 10.9. The zero-order valence-corrected chi connectivity index (χ0v) is 19.1. The van der Waals surface area contributed by atoms with Gasteiger partial charge in [-0.25, -0.2) is 0 Å². The Balaban J connectivity index is 3.07. The van der Waals surface area contributed by atoms with E-state index >= 15 is 0 Å². The molecule has 3 heteroatoms. The fourth-order valence-electron chi connectivity index (χ4n) is 3.62. The lowest BCUT2D eigenvalue weighted by Gasteiger charge is -2.05. The predicted octanol–water partition coefficient (Wildman–Crippen LogP) is 7.94. The SMILES string of the molecule is CCCCCCCCCCCCCCCCCCCCCOC(=O)CC(C)=O. The number of carbonyl (C=O) groups excluding carboxylic acids is 2. The van der Waals surface area contributed by atoms with Crippen LogP contribution >= 0.6 is 0 Å². The fraction of sp³-hybridized carbons (Fsp3) is 0.920. The lowest BCUT2D eigenvalue weighted by atomic mass is 10.0. The third kappa shape index (κ3) is 23.2. The molecule has 0 saturated heterocycles. The van der Waals surface area contributed by atoms with Crippen LogP contribution in [0, 0.1) is 0 Å². The van der Waals surface area contributed by atoms with Gasteiger partial charge in [-0.2, -0.15) is 0 Å². The number of hydrogen-bond donors (Lipinski definition) is 0. The predicted molar refractivity (Wildman–Crippen MR) is 120 cm³/mol. The quantitative estimate of drug-likeness (QED) is 0.106. The van der Waals surface area contributed by atoms with Crippen LogP contribution in [-0.2, 0) is 14.3 Å². The van der Waals surface area contributed by atoms with Crippen molar-refractivity contribution < 1.29 is 14.3 Å². The molecule has 0 fully saturated rings. The Morgan fingerprint density at radius 1 is 0.536 bits per heavy atom. The van der Waals surface area contributed by atoms with Gasteiger partial charge in [0.25, 0.3) is 0 Å². The van der Waals surface area contributed by atoms with Gasteiger partial charge in [0.05, 0.1) is 6.61 Å². The summed E-state index contributed by atoms with van der Waals surface area (Å²) in [5, 5.41) is 0. The molecule has 0 atom stereocenters. The van der Waals surface area contributed by atoms with Crippen molar-refractivity contribution in [3.8, 4) is 0 Å². The molecular formula is C25H48O3. The van der Waals surface area contributed by atoms with Crippen molar-refractivity contribution >= 4 is 11.8 Å². The van der Waals surface area contributed by atoms with Crippen molar-refractivity contribution in [3.05, 3.63) is 0 Å². The highest BCUT2D eigenvalue weighted by Gasteiger charge is 2.05. The van der Waals surface area contributed by atoms with Gasteiger partial charge >= 0.3 is 5.97 Å². The summed E-state index contributed by atoms with van der Waals surface area (Å²) in [7, 11) is 0. The van der Waals surface area contributed by atoms with Crippen LogP contribution in [0.5, 0.6) is 0 Å². The first-order chi connectivity index (χ1) is 13.7. The van der Waals surface area contributed by atoms with Gasteiger partial charge in [0.2, 0.25) is 0 Å². The van der Waals surface area contributed by atoms with Crippen LogP contribution in [0.3, 0.4) is 0 Å². The van der Waals surface area contributed by atoms with E-state index < -0.39 is 0 Å². The Morgan fingerprint density at radius 3 is 1.18 bits per heavy atom. The van der Waals surface area contributed by atoms with Crippen LogP contribution in [-0.4, -0.2) is 18.4 Å². The average Bonchev–Trinajstić information content (AvgIpc) is 2.66. The molecular weight excluding hydrogens is 348 g/mol. The van der Waals surface area contributed by atoms with E-state index in [0.717, 1.165) is 12.8 Å². The van der Waals surface area contributed by atoms with E-state index in [4.69, 9.17) is 4.74 Å². The maximum atomic E-state index is 11.2. The molecule has 0 aliphatic rings. The number of rotatable bonds is 22. The topological polar surface area (TPSA) is 43.4 Å². The number of ether oxygens (including phenoxy) is 1. The molecule has 0 unspecified atom stereocenters. The summed E-state index contributed by atoms with van der Waals surface area (Å²) >= 11 is 0. The number of carbonyl (C=O) groups is 2. The Hall–Kier alpha value is -0.860. The molecule has 0 aromatic heterocycles. The number of Topliss-reactive ketones (excluding diaryl/α,β-unsaturated/α-hetero) is 1. The van der Waals surface area contributed by atoms with E-state index in [0.29, 0.717) is 6.61 Å². The second-order valence-corrected chi connectivity index (χ2v) is 8.46. The minimum Gasteiger partial charge on any atom is -0.465 e. The molecule has 0 bridgehead atoms. The van der Waals surface area contributed by atoms with Crippen LogP contribution in [0.1, 0.15) is 142 Å². The van der Waals surface area contributed by atoms with Gasteiger partial charge in [-0.1, -0.05) is 122 Å². The summed E-state index contributed by atoms with van der Waals surface area (Å²) < 4.78 is 5.03. The van der Waals surface area contributed by atoms with Crippen LogP contribution in [0.2, 0.25) is 0 Å². The first-order valence-corrected chi connectivity index (χ1v) is 12.3.